The van der Waals surface area contributed by atoms with Gasteiger partial charge in [0.1, 0.15) is 11.4 Å². The first kappa shape index (κ1) is 37.8. The largest absolute Gasteiger partial charge is 0.419 e. The number of hydrogen-bond acceptors (Lipinski definition) is 10. The number of benzene rings is 2. The molecule has 0 bridgehead atoms. The van der Waals surface area contributed by atoms with Crippen molar-refractivity contribution in [1.82, 2.24) is 10.6 Å². The van der Waals surface area contributed by atoms with E-state index in [1.54, 1.807) is 12.1 Å². The van der Waals surface area contributed by atoms with Crippen molar-refractivity contribution in [2.24, 2.45) is 0 Å². The highest BCUT2D eigenvalue weighted by Crippen LogP contribution is 2.28. The van der Waals surface area contributed by atoms with Gasteiger partial charge in [0, 0.05) is 70.1 Å². The third kappa shape index (κ3) is 8.91. The number of piperazine rings is 2. The van der Waals surface area contributed by atoms with Crippen LogP contribution >= 0.6 is 49.6 Å². The zero-order chi connectivity index (χ0) is 27.4. The molecule has 2 aromatic heterocycles. The second-order valence-electron chi connectivity index (χ2n) is 9.48. The monoisotopic (exact) mass is 676 g/mol. The summed E-state index contributed by atoms with van der Waals surface area (Å²) in [6.07, 6.45) is 0. The Labute approximate surface area is 273 Å². The summed E-state index contributed by atoms with van der Waals surface area (Å²) in [5.41, 5.74) is 7.99. The quantitative estimate of drug-likeness (QED) is 0.237. The van der Waals surface area contributed by atoms with Gasteiger partial charge in [-0.05, 0) is 24.3 Å². The van der Waals surface area contributed by atoms with E-state index >= 15 is 0 Å². The molecule has 2 aromatic carbocycles. The zero-order valence-corrected chi connectivity index (χ0v) is 26.7. The summed E-state index contributed by atoms with van der Waals surface area (Å²) in [6.45, 7) is 8.62. The van der Waals surface area contributed by atoms with Crippen molar-refractivity contribution in [3.63, 3.8) is 0 Å². The number of halogens is 4. The molecule has 236 valence electrons. The Morgan fingerprint density at radius 3 is 1.65 bits per heavy atom. The van der Waals surface area contributed by atoms with Gasteiger partial charge >= 0.3 is 11.3 Å². The fourth-order valence-electron chi connectivity index (χ4n) is 4.86. The van der Waals surface area contributed by atoms with Crippen LogP contribution in [0.5, 0.6) is 0 Å². The lowest BCUT2D eigenvalue weighted by Gasteiger charge is -2.29. The van der Waals surface area contributed by atoms with Crippen molar-refractivity contribution >= 4 is 100 Å². The molecule has 1 amide bonds. The standard InChI is InChI=1S/C15H17N3O3.C13H15N3O2.4ClH/c1-10(19)17-12-9-11-3-2-4-13(14(11)21-15(12)20)18-7-5-16-6-8-18;14-10-8-9-2-1-3-11(12(9)18-13(10)17)16-6-4-15-5-7-16;;;;/h2-4,9,16H,5-8H2,1H3,(H,17,19);1-3,8,15H,4-7,14H2;4*1H. The number of carbonyl (C=O) groups excluding carboxylic acids is 1. The number of hydrogen-bond donors (Lipinski definition) is 4. The number of carbonyl (C=O) groups is 1. The molecular formula is C28H36Cl4N6O5. The molecule has 0 atom stereocenters. The first-order valence-electron chi connectivity index (χ1n) is 13.0. The third-order valence-corrected chi connectivity index (χ3v) is 6.73. The van der Waals surface area contributed by atoms with E-state index < -0.39 is 11.3 Å². The molecule has 43 heavy (non-hydrogen) atoms. The summed E-state index contributed by atoms with van der Waals surface area (Å²) >= 11 is 0. The highest BCUT2D eigenvalue weighted by Gasteiger charge is 2.17. The van der Waals surface area contributed by atoms with Gasteiger partial charge in [-0.15, -0.1) is 49.6 Å². The van der Waals surface area contributed by atoms with E-state index in [1.807, 2.05) is 36.4 Å². The van der Waals surface area contributed by atoms with E-state index in [4.69, 9.17) is 14.6 Å². The Bertz CT molecular complexity index is 1620. The van der Waals surface area contributed by atoms with Gasteiger partial charge in [0.25, 0.3) is 0 Å². The summed E-state index contributed by atoms with van der Waals surface area (Å²) in [4.78, 5) is 39.1. The lowest BCUT2D eigenvalue weighted by atomic mass is 10.1. The predicted octanol–water partition coefficient (Wildman–Crippen LogP) is 3.63. The minimum Gasteiger partial charge on any atom is -0.419 e. The molecule has 5 N–H and O–H groups in total. The number of fused-ring (bicyclic) bond motifs is 2. The molecule has 4 aromatic rings. The first-order chi connectivity index (χ1) is 18.9. The second-order valence-corrected chi connectivity index (χ2v) is 9.48. The van der Waals surface area contributed by atoms with Crippen LogP contribution in [-0.4, -0.2) is 58.3 Å². The van der Waals surface area contributed by atoms with Crippen LogP contribution in [0.4, 0.5) is 22.7 Å². The van der Waals surface area contributed by atoms with Crippen molar-refractivity contribution in [3.8, 4) is 0 Å². The van der Waals surface area contributed by atoms with E-state index in [-0.39, 0.29) is 66.9 Å². The first-order valence-corrected chi connectivity index (χ1v) is 13.0. The van der Waals surface area contributed by atoms with E-state index in [1.165, 1.54) is 6.92 Å². The van der Waals surface area contributed by atoms with Crippen LogP contribution in [0.3, 0.4) is 0 Å². The van der Waals surface area contributed by atoms with E-state index in [9.17, 15) is 14.4 Å². The number of para-hydroxylation sites is 2. The second kappa shape index (κ2) is 17.2. The topological polar surface area (TPSA) is 146 Å². The van der Waals surface area contributed by atoms with Gasteiger partial charge in [-0.1, -0.05) is 24.3 Å². The van der Waals surface area contributed by atoms with Gasteiger partial charge in [0.2, 0.25) is 5.91 Å². The molecular weight excluding hydrogens is 642 g/mol. The molecule has 6 rings (SSSR count). The fraction of sp³-hybridized carbons (Fsp3) is 0.321. The number of amides is 1. The van der Waals surface area contributed by atoms with Crippen LogP contribution in [0.1, 0.15) is 6.92 Å². The molecule has 2 aliphatic rings. The Morgan fingerprint density at radius 2 is 1.19 bits per heavy atom. The van der Waals surface area contributed by atoms with Crippen molar-refractivity contribution in [3.05, 3.63) is 69.4 Å². The molecule has 0 radical (unpaired) electrons. The molecule has 2 saturated heterocycles. The van der Waals surface area contributed by atoms with Gasteiger partial charge < -0.3 is 40.3 Å². The molecule has 11 nitrogen and oxygen atoms in total. The summed E-state index contributed by atoms with van der Waals surface area (Å²) < 4.78 is 10.8. The van der Waals surface area contributed by atoms with Crippen LogP contribution in [0.2, 0.25) is 0 Å². The maximum Gasteiger partial charge on any atom is 0.360 e. The molecule has 4 heterocycles. The Morgan fingerprint density at radius 1 is 0.744 bits per heavy atom. The van der Waals surface area contributed by atoms with Crippen molar-refractivity contribution in [2.75, 3.05) is 73.2 Å². The lowest BCUT2D eigenvalue weighted by Crippen LogP contribution is -2.43. The summed E-state index contributed by atoms with van der Waals surface area (Å²) in [5.74, 6) is -0.292. The number of anilines is 4. The number of nitrogen functional groups attached to an aromatic ring is 1. The SMILES string of the molecule is CC(=O)Nc1cc2cccc(N3CCNCC3)c2oc1=O.Cl.Cl.Cl.Cl.Nc1cc2cccc(N3CCNCC3)c2oc1=O. The fourth-order valence-corrected chi connectivity index (χ4v) is 4.86. The Hall–Kier alpha value is -3.19. The lowest BCUT2D eigenvalue weighted by molar-refractivity contribution is -0.114. The summed E-state index contributed by atoms with van der Waals surface area (Å²) in [7, 11) is 0. The number of rotatable bonds is 3. The molecule has 0 saturated carbocycles. The molecule has 2 aliphatic heterocycles. The van der Waals surface area contributed by atoms with Crippen LogP contribution in [-0.2, 0) is 4.79 Å². The normalized spacial score (nSPS) is 14.2. The van der Waals surface area contributed by atoms with E-state index in [0.29, 0.717) is 11.2 Å². The molecule has 0 unspecified atom stereocenters. The summed E-state index contributed by atoms with van der Waals surface area (Å²) in [5, 5.41) is 10.8. The van der Waals surface area contributed by atoms with Crippen LogP contribution < -0.4 is 42.7 Å². The van der Waals surface area contributed by atoms with Gasteiger partial charge in [0.15, 0.2) is 11.2 Å². The van der Waals surface area contributed by atoms with Crippen LogP contribution in [0, 0.1) is 0 Å². The van der Waals surface area contributed by atoms with E-state index in [2.05, 4.69) is 25.8 Å². The van der Waals surface area contributed by atoms with Crippen molar-refractivity contribution in [1.29, 1.82) is 0 Å². The van der Waals surface area contributed by atoms with E-state index in [0.717, 1.165) is 74.5 Å². The van der Waals surface area contributed by atoms with Crippen molar-refractivity contribution in [2.45, 2.75) is 6.92 Å². The van der Waals surface area contributed by atoms with Gasteiger partial charge in [-0.25, -0.2) is 9.59 Å². The van der Waals surface area contributed by atoms with Crippen LogP contribution in [0.25, 0.3) is 21.9 Å². The average Bonchev–Trinajstić information content (AvgIpc) is 2.94. The molecule has 15 heteroatoms. The molecule has 2 fully saturated rings. The maximum absolute atomic E-state index is 12.0. The smallest absolute Gasteiger partial charge is 0.360 e. The maximum atomic E-state index is 12.0. The minimum absolute atomic E-state index is 0. The highest BCUT2D eigenvalue weighted by molar-refractivity contribution is 5.94. The van der Waals surface area contributed by atoms with Gasteiger partial charge in [-0.2, -0.15) is 0 Å². The van der Waals surface area contributed by atoms with Gasteiger partial charge in [-0.3, -0.25) is 4.79 Å². The third-order valence-electron chi connectivity index (χ3n) is 6.73. The average molecular weight is 678 g/mol. The van der Waals surface area contributed by atoms with Crippen LogP contribution in [0.15, 0.2) is 67.0 Å². The highest BCUT2D eigenvalue weighted by atomic mass is 35.5. The number of nitrogens with one attached hydrogen (secondary N) is 3. The Kier molecular flexibility index (Phi) is 15.1. The number of nitrogens with two attached hydrogens (primary N) is 1. The predicted molar refractivity (Wildman–Crippen MR) is 183 cm³/mol. The summed E-state index contributed by atoms with van der Waals surface area (Å²) in [6, 6.07) is 14.9. The number of nitrogens with zero attached hydrogens (tertiary/aromatic N) is 2. The molecule has 0 spiro atoms. The van der Waals surface area contributed by atoms with Crippen molar-refractivity contribution < 1.29 is 13.6 Å². The minimum atomic E-state index is -0.528. The molecule has 0 aliphatic carbocycles. The van der Waals surface area contributed by atoms with Gasteiger partial charge in [0.05, 0.1) is 11.4 Å². The zero-order valence-electron chi connectivity index (χ0n) is 23.4. The Balaban J connectivity index is 0.000000397.